The van der Waals surface area contributed by atoms with E-state index in [2.05, 4.69) is 148 Å². The number of carbonyl (C=O) groups excluding carboxylic acids is 3. The van der Waals surface area contributed by atoms with Crippen molar-refractivity contribution < 1.29 is 42.6 Å². The first-order chi connectivity index (χ1) is 56.2. The summed E-state index contributed by atoms with van der Waals surface area (Å²) in [4.78, 5) is 74.0. The number of nitrogens with zero attached hydrogens (tertiary/aromatic N) is 7. The van der Waals surface area contributed by atoms with Crippen LogP contribution in [0.15, 0.2) is 212 Å². The molecule has 4 fully saturated rings. The maximum atomic E-state index is 18.0. The summed E-state index contributed by atoms with van der Waals surface area (Å²) in [6, 6.07) is 66.0. The third-order valence-corrected chi connectivity index (χ3v) is 27.7. The molecule has 8 aromatic rings. The van der Waals surface area contributed by atoms with Gasteiger partial charge in [-0.2, -0.15) is 0 Å². The molecule has 0 saturated heterocycles. The summed E-state index contributed by atoms with van der Waals surface area (Å²) in [5, 5.41) is 16.0. The number of ether oxygens (including phenoxy) is 4. The van der Waals surface area contributed by atoms with Crippen LogP contribution in [0.4, 0.5) is 4.39 Å². The summed E-state index contributed by atoms with van der Waals surface area (Å²) < 4.78 is 38.6. The van der Waals surface area contributed by atoms with Crippen molar-refractivity contribution in [2.75, 3.05) is 70.1 Å². The smallest absolute Gasteiger partial charge is 0.315 e. The predicted octanol–water partition coefficient (Wildman–Crippen LogP) is 18.4. The van der Waals surface area contributed by atoms with Crippen LogP contribution in [-0.2, 0) is 45.8 Å². The van der Waals surface area contributed by atoms with Gasteiger partial charge in [-0.1, -0.05) is 168 Å². The molecule has 1 N–H and O–H groups in total. The van der Waals surface area contributed by atoms with E-state index in [9.17, 15) is 19.3 Å². The summed E-state index contributed by atoms with van der Waals surface area (Å²) in [7, 11) is 18.4. The Bertz CT molecular complexity index is 4470. The largest absolute Gasteiger partial charge is 0.497 e. The molecular formula is C97H124ClFN8O9S. The maximum absolute atomic E-state index is 18.0. The number of likely N-dealkylation sites (N-methyl/N-ethyl adjacent to an activating group) is 4. The number of aryl methyl sites for hydroxylation is 2. The van der Waals surface area contributed by atoms with Crippen LogP contribution in [0, 0.1) is 29.8 Å². The number of thioether (sulfide) groups is 1. The molecule has 5 unspecified atom stereocenters. The zero-order valence-electron chi connectivity index (χ0n) is 70.9. The molecule has 20 heteroatoms. The van der Waals surface area contributed by atoms with Gasteiger partial charge in [-0.3, -0.25) is 34.3 Å². The van der Waals surface area contributed by atoms with E-state index < -0.39 is 34.8 Å². The van der Waals surface area contributed by atoms with E-state index in [1.54, 1.807) is 14.0 Å². The molecule has 4 aliphatic rings. The minimum Gasteiger partial charge on any atom is -0.497 e. The summed E-state index contributed by atoms with van der Waals surface area (Å²) in [5.41, 5.74) is 6.58. The molecule has 0 aliphatic heterocycles. The molecule has 0 bridgehead atoms. The van der Waals surface area contributed by atoms with E-state index in [-0.39, 0.29) is 76.6 Å². The van der Waals surface area contributed by atoms with Crippen LogP contribution in [0.1, 0.15) is 155 Å². The molecule has 0 radical (unpaired) electrons. The minimum atomic E-state index is -2.03. The average molecular weight is 1630 g/mol. The highest BCUT2D eigenvalue weighted by molar-refractivity contribution is 8.00. The van der Waals surface area contributed by atoms with E-state index in [0.717, 1.165) is 98.4 Å². The summed E-state index contributed by atoms with van der Waals surface area (Å²) in [6.45, 7) is 6.29. The van der Waals surface area contributed by atoms with Crippen LogP contribution in [0.2, 0.25) is 5.02 Å². The Hall–Kier alpha value is -8.82. The molecule has 17 nitrogen and oxygen atoms in total. The monoisotopic (exact) mass is 1630 g/mol. The maximum Gasteiger partial charge on any atom is 0.315 e. The van der Waals surface area contributed by atoms with Crippen LogP contribution in [0.25, 0.3) is 0 Å². The first-order valence-electron chi connectivity index (χ1n) is 42.0. The Morgan fingerprint density at radius 3 is 1.65 bits per heavy atom. The molecular weight excluding hydrogens is 1510 g/mol. The molecule has 8 aromatic carbocycles. The molecule has 0 aromatic heterocycles. The number of rotatable bonds is 33. The number of hydrogen-bond acceptors (Lipinski definition) is 14. The van der Waals surface area contributed by atoms with E-state index in [4.69, 9.17) is 30.5 Å². The highest BCUT2D eigenvalue weighted by Crippen LogP contribution is 2.50. The van der Waals surface area contributed by atoms with Gasteiger partial charge in [-0.15, -0.1) is 0 Å². The third kappa shape index (κ3) is 22.4. The van der Waals surface area contributed by atoms with Crippen molar-refractivity contribution in [1.82, 2.24) is 34.7 Å². The van der Waals surface area contributed by atoms with Gasteiger partial charge in [0.1, 0.15) is 28.8 Å². The van der Waals surface area contributed by atoms with Crippen LogP contribution >= 0.6 is 23.4 Å². The first kappa shape index (κ1) is 89.0. The van der Waals surface area contributed by atoms with Gasteiger partial charge >= 0.3 is 11.0 Å². The van der Waals surface area contributed by atoms with Crippen LogP contribution < -0.4 is 24.3 Å². The number of methoxy groups -OCH3 is 1. The Kier molecular flexibility index (Phi) is 31.0. The fourth-order valence-electron chi connectivity index (χ4n) is 18.7. The Morgan fingerprint density at radius 1 is 0.564 bits per heavy atom. The van der Waals surface area contributed by atoms with Gasteiger partial charge in [0.2, 0.25) is 11.9 Å². The SMILES string of the molecule is CC(Oc1ccccc1)C(=O)NC1CCC(Cc2ccc(F)cc2)(N(C)C)CC1.COc1ccc(OC(SCc2ccccc2)(C(=O)N(C2CCC(Cc3cccc(Cl)c3)(N(C)C)CC2)C2CCC(Cc3ccc(C)cc3)(N(C)C)C([N+](=O)[O-])C2)N(C(=O)CCCOc2ccccc2)C2CCC(Cc3ccccc3C)(N(C)C)CC2)cc1. The van der Waals surface area contributed by atoms with E-state index in [1.807, 2.05) is 157 Å². The highest BCUT2D eigenvalue weighted by atomic mass is 35.5. The molecule has 117 heavy (non-hydrogen) atoms. The van der Waals surface area contributed by atoms with Crippen molar-refractivity contribution in [2.24, 2.45) is 0 Å². The lowest BCUT2D eigenvalue weighted by atomic mass is 9.69. The fourth-order valence-corrected chi connectivity index (χ4v) is 20.3. The molecule has 0 spiro atoms. The van der Waals surface area contributed by atoms with Crippen molar-refractivity contribution >= 4 is 41.1 Å². The number of hydrogen-bond donors (Lipinski definition) is 1. The third-order valence-electron chi connectivity index (χ3n) is 26.1. The van der Waals surface area contributed by atoms with Gasteiger partial charge in [0.25, 0.3) is 5.91 Å². The number of halogens is 2. The van der Waals surface area contributed by atoms with Crippen LogP contribution in [0.5, 0.6) is 23.0 Å². The first-order valence-corrected chi connectivity index (χ1v) is 43.3. The molecule has 4 saturated carbocycles. The van der Waals surface area contributed by atoms with Gasteiger partial charge in [0, 0.05) is 69.3 Å². The van der Waals surface area contributed by atoms with Crippen molar-refractivity contribution in [3.8, 4) is 23.0 Å². The van der Waals surface area contributed by atoms with Crippen molar-refractivity contribution in [2.45, 2.75) is 225 Å². The predicted molar refractivity (Wildman–Crippen MR) is 470 cm³/mol. The lowest BCUT2D eigenvalue weighted by Gasteiger charge is -2.55. The standard InChI is InChI=1S/C73H93ClN6O7S.C24H31FN2O2/c1-54-29-31-56(32-30-54)51-72(77(7)8)46-41-63(49-67(72)80(83)84)78(61-37-42-70(43-38-61,75(3)4)50-58-23-18-25-60(74)48-58)69(82)73(88-53-57-21-12-10-13-22-57,87-66-35-33-64(85-9)34-36-66)79(68(81)28-19-47-86-65-26-14-11-15-27-65)62-39-44-71(45-40-62,76(5)6)52-59-24-17-16-20-55(59)2;1-18(29-22-7-5-4-6-8-22)23(28)26-21-13-15-24(16-14-21,27(2)3)17-19-9-11-20(25)12-10-19/h10-18,20-27,29-36,48,61-63,67H,19,28,37-47,49-53H2,1-9H3;4-12,18,21H,13-17H2,1-3H3,(H,26,28). The molecule has 4 aliphatic carbocycles. The molecule has 3 amide bonds. The zero-order valence-corrected chi connectivity index (χ0v) is 72.5. The van der Waals surface area contributed by atoms with Crippen LogP contribution in [-0.4, -0.2) is 186 Å². The number of carbonyl (C=O) groups is 3. The van der Waals surface area contributed by atoms with Gasteiger partial charge < -0.3 is 43.9 Å². The summed E-state index contributed by atoms with van der Waals surface area (Å²) in [5.74, 6) is 1.89. The lowest BCUT2D eigenvalue weighted by Crippen LogP contribution is -2.70. The van der Waals surface area contributed by atoms with Gasteiger partial charge in [0.15, 0.2) is 6.10 Å². The second-order valence-electron chi connectivity index (χ2n) is 34.2. The number of nitrogens with one attached hydrogen (secondary N) is 1. The Labute approximate surface area is 704 Å². The molecule has 5 atom stereocenters. The normalized spacial score (nSPS) is 23.5. The Balaban J connectivity index is 0.000000388. The highest BCUT2D eigenvalue weighted by Gasteiger charge is 2.61. The van der Waals surface area contributed by atoms with Crippen molar-refractivity contribution in [1.29, 1.82) is 0 Å². The quantitative estimate of drug-likeness (QED) is 0.0179. The minimum absolute atomic E-state index is 0.0329. The summed E-state index contributed by atoms with van der Waals surface area (Å²) >= 11 is 7.99. The zero-order chi connectivity index (χ0) is 83.5. The van der Waals surface area contributed by atoms with E-state index in [1.165, 1.54) is 35.0 Å². The second-order valence-corrected chi connectivity index (χ2v) is 35.7. The number of benzene rings is 8. The average Bonchev–Trinajstić information content (AvgIpc) is 0.732. The molecule has 626 valence electrons. The molecule has 12 rings (SSSR count). The topological polar surface area (TPSA) is 163 Å². The number of nitro groups is 1. The van der Waals surface area contributed by atoms with Crippen molar-refractivity contribution in [3.63, 3.8) is 0 Å². The fraction of sp³-hybridized carbons (Fsp3) is 0.474. The number of para-hydroxylation sites is 2. The molecule has 0 heterocycles. The van der Waals surface area contributed by atoms with E-state index >= 15 is 9.59 Å². The van der Waals surface area contributed by atoms with Gasteiger partial charge in [-0.25, -0.2) is 4.39 Å². The van der Waals surface area contributed by atoms with Gasteiger partial charge in [-0.05, 0) is 305 Å². The Morgan fingerprint density at radius 2 is 1.08 bits per heavy atom. The summed E-state index contributed by atoms with van der Waals surface area (Å²) in [6.07, 6.45) is 13.2. The van der Waals surface area contributed by atoms with E-state index in [0.29, 0.717) is 85.1 Å². The second kappa shape index (κ2) is 40.8. The number of amides is 3. The van der Waals surface area contributed by atoms with Crippen LogP contribution in [0.3, 0.4) is 0 Å². The van der Waals surface area contributed by atoms with Gasteiger partial charge in [0.05, 0.1) is 19.3 Å². The van der Waals surface area contributed by atoms with Crippen molar-refractivity contribution in [3.05, 3.63) is 272 Å². The lowest BCUT2D eigenvalue weighted by molar-refractivity contribution is -0.545.